The van der Waals surface area contributed by atoms with Crippen molar-refractivity contribution in [3.8, 4) is 29.1 Å². The fourth-order valence-electron chi connectivity index (χ4n) is 3.80. The Kier molecular flexibility index (Phi) is 11.0. The van der Waals surface area contributed by atoms with Gasteiger partial charge < -0.3 is 29.4 Å². The Bertz CT molecular complexity index is 1690. The Morgan fingerprint density at radius 1 is 0.956 bits per heavy atom. The molecule has 2 aromatic carbocycles. The molecule has 3 N–H and O–H groups in total. The topological polar surface area (TPSA) is 167 Å². The van der Waals surface area contributed by atoms with Crippen LogP contribution in [0.15, 0.2) is 70.3 Å². The lowest BCUT2D eigenvalue weighted by Gasteiger charge is -2.20. The van der Waals surface area contributed by atoms with E-state index in [0.717, 1.165) is 5.56 Å². The monoisotopic (exact) mass is 702 g/mol. The number of hydrogen-bond acceptors (Lipinski definition) is 12. The van der Waals surface area contributed by atoms with E-state index in [9.17, 15) is 13.5 Å². The minimum absolute atomic E-state index is 0.0148. The molecule has 0 radical (unpaired) electrons. The molecular formula is C30H35BrN6O7S. The van der Waals surface area contributed by atoms with Crippen molar-refractivity contribution in [1.29, 1.82) is 0 Å². The van der Waals surface area contributed by atoms with Gasteiger partial charge in [0.25, 0.3) is 15.9 Å². The third-order valence-electron chi connectivity index (χ3n) is 6.18. The molecule has 0 fully saturated rings. The summed E-state index contributed by atoms with van der Waals surface area (Å²) in [6.45, 7) is 7.56. The lowest BCUT2D eigenvalue weighted by Crippen LogP contribution is -2.23. The minimum atomic E-state index is -4.17. The molecule has 2 aromatic heterocycles. The van der Waals surface area contributed by atoms with Gasteiger partial charge in [-0.2, -0.15) is 9.97 Å². The number of aromatic nitrogens is 4. The summed E-state index contributed by atoms with van der Waals surface area (Å²) < 4.78 is 53.6. The van der Waals surface area contributed by atoms with E-state index in [1.54, 1.807) is 55.7 Å². The molecule has 1 atom stereocenters. The van der Waals surface area contributed by atoms with E-state index < -0.39 is 16.1 Å². The van der Waals surface area contributed by atoms with Gasteiger partial charge in [0.15, 0.2) is 17.3 Å². The zero-order valence-electron chi connectivity index (χ0n) is 25.4. The molecule has 4 rings (SSSR count). The predicted molar refractivity (Wildman–Crippen MR) is 172 cm³/mol. The van der Waals surface area contributed by atoms with E-state index in [0.29, 0.717) is 10.2 Å². The fraction of sp³-hybridized carbons (Fsp3) is 0.333. The van der Waals surface area contributed by atoms with Crippen LogP contribution in [0, 0.1) is 0 Å². The standard InChI is InChI=1S/C30H35BrN6O7S/c1-19(18-38)34-28-35-26(37-45(39,40)22-12-10-20(11-13-22)30(2,3)4)25(44-24-9-7-6-8-23(24)41-5)27(36-28)42-14-15-43-29-32-16-21(31)17-33-29/h6-13,16-17,19,38H,14-15,18H2,1-5H3,(H2,34,35,36,37). The average Bonchev–Trinajstić information content (AvgIpc) is 3.01. The van der Waals surface area contributed by atoms with Crippen molar-refractivity contribution in [2.75, 3.05) is 37.0 Å². The Morgan fingerprint density at radius 3 is 2.22 bits per heavy atom. The van der Waals surface area contributed by atoms with Crippen LogP contribution in [0.25, 0.3) is 0 Å². The van der Waals surface area contributed by atoms with Gasteiger partial charge in [-0.05, 0) is 58.1 Å². The number of sulfonamides is 1. The number of nitrogens with zero attached hydrogens (tertiary/aromatic N) is 4. The molecule has 0 aliphatic carbocycles. The summed E-state index contributed by atoms with van der Waals surface area (Å²) in [5.74, 6) is 0.169. The lowest BCUT2D eigenvalue weighted by molar-refractivity contribution is 0.197. The van der Waals surface area contributed by atoms with E-state index in [1.807, 2.05) is 20.8 Å². The smallest absolute Gasteiger partial charge is 0.316 e. The van der Waals surface area contributed by atoms with Gasteiger partial charge in [0.1, 0.15) is 13.2 Å². The van der Waals surface area contributed by atoms with Gasteiger partial charge in [-0.15, -0.1) is 0 Å². The minimum Gasteiger partial charge on any atom is -0.493 e. The van der Waals surface area contributed by atoms with E-state index in [1.165, 1.54) is 19.2 Å². The first-order valence-corrected chi connectivity index (χ1v) is 16.1. The number of aliphatic hydroxyl groups excluding tert-OH is 1. The second-order valence-corrected chi connectivity index (χ2v) is 13.4. The number of anilines is 2. The van der Waals surface area contributed by atoms with Crippen molar-refractivity contribution in [1.82, 2.24) is 19.9 Å². The molecule has 1 unspecified atom stereocenters. The molecule has 13 nitrogen and oxygen atoms in total. The maximum atomic E-state index is 13.6. The Morgan fingerprint density at radius 2 is 1.60 bits per heavy atom. The van der Waals surface area contributed by atoms with Crippen molar-refractivity contribution in [3.63, 3.8) is 0 Å². The van der Waals surface area contributed by atoms with E-state index >= 15 is 0 Å². The summed E-state index contributed by atoms with van der Waals surface area (Å²) in [6.07, 6.45) is 3.09. The number of halogens is 1. The zero-order valence-corrected chi connectivity index (χ0v) is 27.8. The third kappa shape index (κ3) is 9.15. The van der Waals surface area contributed by atoms with Gasteiger partial charge in [-0.1, -0.05) is 45.0 Å². The predicted octanol–water partition coefficient (Wildman–Crippen LogP) is 5.18. The fourth-order valence-corrected chi connectivity index (χ4v) is 5.01. The van der Waals surface area contributed by atoms with E-state index in [-0.39, 0.29) is 65.3 Å². The number of aliphatic hydroxyl groups is 1. The maximum absolute atomic E-state index is 13.6. The summed E-state index contributed by atoms with van der Waals surface area (Å²) in [4.78, 5) is 17.0. The highest BCUT2D eigenvalue weighted by Gasteiger charge is 2.26. The van der Waals surface area contributed by atoms with Gasteiger partial charge in [-0.3, -0.25) is 4.72 Å². The molecule has 0 bridgehead atoms. The molecule has 2 heterocycles. The van der Waals surface area contributed by atoms with Crippen molar-refractivity contribution < 1.29 is 32.5 Å². The van der Waals surface area contributed by atoms with Crippen molar-refractivity contribution >= 4 is 37.7 Å². The SMILES string of the molecule is COc1ccccc1Oc1c(NS(=O)(=O)c2ccc(C(C)(C)C)cc2)nc(NC(C)CO)nc1OCCOc1ncc(Br)cn1. The Balaban J connectivity index is 1.73. The van der Waals surface area contributed by atoms with E-state index in [4.69, 9.17) is 18.9 Å². The average molecular weight is 704 g/mol. The summed E-state index contributed by atoms with van der Waals surface area (Å²) in [6, 6.07) is 13.1. The number of benzene rings is 2. The highest BCUT2D eigenvalue weighted by molar-refractivity contribution is 9.10. The van der Waals surface area contributed by atoms with Crippen LogP contribution in [0.1, 0.15) is 33.3 Å². The number of hydrogen-bond donors (Lipinski definition) is 3. The number of nitrogens with one attached hydrogen (secondary N) is 2. The quantitative estimate of drug-likeness (QED) is 0.148. The first-order chi connectivity index (χ1) is 21.4. The molecule has 0 spiro atoms. The van der Waals surface area contributed by atoms with Crippen molar-refractivity contribution in [2.45, 2.75) is 44.0 Å². The molecule has 0 aliphatic rings. The van der Waals surface area contributed by atoms with Crippen LogP contribution < -0.4 is 29.0 Å². The first-order valence-electron chi connectivity index (χ1n) is 13.9. The van der Waals surface area contributed by atoms with E-state index in [2.05, 4.69) is 45.9 Å². The van der Waals surface area contributed by atoms with Crippen LogP contribution >= 0.6 is 15.9 Å². The van der Waals surface area contributed by atoms with Gasteiger partial charge in [0.2, 0.25) is 11.7 Å². The summed E-state index contributed by atoms with van der Waals surface area (Å²) in [7, 11) is -2.69. The Labute approximate surface area is 270 Å². The maximum Gasteiger partial charge on any atom is 0.316 e. The van der Waals surface area contributed by atoms with Crippen LogP contribution in [0.5, 0.6) is 29.1 Å². The molecule has 0 amide bonds. The second kappa shape index (κ2) is 14.7. The summed E-state index contributed by atoms with van der Waals surface area (Å²) in [5, 5.41) is 12.6. The molecule has 240 valence electrons. The first kappa shape index (κ1) is 33.7. The van der Waals surface area contributed by atoms with Gasteiger partial charge in [0.05, 0.1) is 23.1 Å². The molecular weight excluding hydrogens is 668 g/mol. The van der Waals surface area contributed by atoms with Crippen LogP contribution in [0.4, 0.5) is 11.8 Å². The number of ether oxygens (including phenoxy) is 4. The van der Waals surface area contributed by atoms with Crippen LogP contribution in [-0.2, 0) is 15.4 Å². The zero-order chi connectivity index (χ0) is 32.6. The molecule has 45 heavy (non-hydrogen) atoms. The highest BCUT2D eigenvalue weighted by Crippen LogP contribution is 2.41. The summed E-state index contributed by atoms with van der Waals surface area (Å²) in [5.41, 5.74) is 0.807. The highest BCUT2D eigenvalue weighted by atomic mass is 79.9. The summed E-state index contributed by atoms with van der Waals surface area (Å²) >= 11 is 3.27. The molecule has 15 heteroatoms. The molecule has 4 aromatic rings. The number of methoxy groups -OCH3 is 1. The van der Waals surface area contributed by atoms with Gasteiger partial charge in [0, 0.05) is 18.4 Å². The number of para-hydroxylation sites is 2. The van der Waals surface area contributed by atoms with Crippen molar-refractivity contribution in [2.24, 2.45) is 0 Å². The molecule has 0 saturated heterocycles. The van der Waals surface area contributed by atoms with Crippen LogP contribution in [0.2, 0.25) is 0 Å². The van der Waals surface area contributed by atoms with Gasteiger partial charge in [-0.25, -0.2) is 18.4 Å². The van der Waals surface area contributed by atoms with Crippen LogP contribution in [0.3, 0.4) is 0 Å². The van der Waals surface area contributed by atoms with Crippen LogP contribution in [-0.4, -0.2) is 66.4 Å². The largest absolute Gasteiger partial charge is 0.493 e. The van der Waals surface area contributed by atoms with Gasteiger partial charge >= 0.3 is 6.01 Å². The third-order valence-corrected chi connectivity index (χ3v) is 7.94. The second-order valence-electron chi connectivity index (χ2n) is 10.8. The Hall–Kier alpha value is -4.21. The molecule has 0 aliphatic heterocycles. The number of rotatable bonds is 14. The molecule has 0 saturated carbocycles. The van der Waals surface area contributed by atoms with Crippen molar-refractivity contribution in [3.05, 3.63) is 71.0 Å². The lowest BCUT2D eigenvalue weighted by atomic mass is 9.87. The normalized spacial score (nSPS) is 12.2.